The molecule has 1 saturated heterocycles. The van der Waals surface area contributed by atoms with Crippen LogP contribution in [0.15, 0.2) is 60.7 Å². The van der Waals surface area contributed by atoms with Gasteiger partial charge in [-0.1, -0.05) is 74.0 Å². The fraction of sp³-hybridized carbons (Fsp3) is 0.400. The van der Waals surface area contributed by atoms with E-state index in [1.807, 2.05) is 12.1 Å². The zero-order valence-electron chi connectivity index (χ0n) is 13.2. The number of halogens is 1. The zero-order chi connectivity index (χ0) is 15.4. The fourth-order valence-corrected chi connectivity index (χ4v) is 3.52. The van der Waals surface area contributed by atoms with E-state index >= 15 is 0 Å². The lowest BCUT2D eigenvalue weighted by atomic mass is 9.84. The lowest BCUT2D eigenvalue weighted by molar-refractivity contribution is 0.0312. The molecule has 1 aliphatic rings. The molecule has 0 unspecified atom stereocenters. The Kier molecular flexibility index (Phi) is 4.89. The van der Waals surface area contributed by atoms with Crippen LogP contribution in [0.1, 0.15) is 36.9 Å². The van der Waals surface area contributed by atoms with Gasteiger partial charge in [-0.3, -0.25) is 4.90 Å². The van der Waals surface area contributed by atoms with Crippen LogP contribution >= 0.6 is 0 Å². The third kappa shape index (κ3) is 3.38. The summed E-state index contributed by atoms with van der Waals surface area (Å²) < 4.78 is 14.4. The molecule has 0 bridgehead atoms. The topological polar surface area (TPSA) is 3.24 Å². The van der Waals surface area contributed by atoms with Crippen molar-refractivity contribution in [2.24, 2.45) is 5.92 Å². The second-order valence-corrected chi connectivity index (χ2v) is 6.26. The van der Waals surface area contributed by atoms with Gasteiger partial charge >= 0.3 is 0 Å². The van der Waals surface area contributed by atoms with Crippen molar-refractivity contribution < 1.29 is 4.39 Å². The first-order valence-electron chi connectivity index (χ1n) is 8.25. The van der Waals surface area contributed by atoms with E-state index < -0.39 is 6.17 Å². The number of rotatable bonds is 4. The normalized spacial score (nSPS) is 26.0. The summed E-state index contributed by atoms with van der Waals surface area (Å²) in [6, 6.07) is 21.3. The summed E-state index contributed by atoms with van der Waals surface area (Å²) in [5.74, 6) is 0.178. The second-order valence-electron chi connectivity index (χ2n) is 6.26. The molecule has 116 valence electrons. The van der Waals surface area contributed by atoms with Gasteiger partial charge in [-0.15, -0.1) is 0 Å². The number of piperidine rings is 1. The molecule has 3 atom stereocenters. The first-order valence-corrected chi connectivity index (χ1v) is 8.25. The molecule has 2 aromatic rings. The molecule has 3 rings (SSSR count). The van der Waals surface area contributed by atoms with Crippen LogP contribution in [0.5, 0.6) is 0 Å². The van der Waals surface area contributed by atoms with Crippen molar-refractivity contribution in [3.05, 3.63) is 71.8 Å². The maximum Gasteiger partial charge on any atom is 0.116 e. The predicted molar refractivity (Wildman–Crippen MR) is 89.3 cm³/mol. The van der Waals surface area contributed by atoms with Gasteiger partial charge in [0.2, 0.25) is 0 Å². The summed E-state index contributed by atoms with van der Waals surface area (Å²) in [4.78, 5) is 2.31. The monoisotopic (exact) mass is 297 g/mol. The number of likely N-dealkylation sites (tertiary alicyclic amines) is 1. The Balaban J connectivity index is 1.84. The van der Waals surface area contributed by atoms with Crippen LogP contribution in [0.2, 0.25) is 0 Å². The molecule has 0 radical (unpaired) electrons. The average molecular weight is 297 g/mol. The number of alkyl halides is 1. The minimum absolute atomic E-state index is 0.178. The SMILES string of the molecule is CC[C@H]1C[C@@H](c2ccccc2)N(Cc2ccccc2)C[C@@H]1F. The number of nitrogens with zero attached hydrogens (tertiary/aromatic N) is 1. The Bertz CT molecular complexity index is 569. The van der Waals surface area contributed by atoms with Gasteiger partial charge in [-0.2, -0.15) is 0 Å². The van der Waals surface area contributed by atoms with Crippen LogP contribution in [0, 0.1) is 5.92 Å². The van der Waals surface area contributed by atoms with E-state index in [4.69, 9.17) is 0 Å². The standard InChI is InChI=1S/C20H24FN/c1-2-17-13-20(18-11-7-4-8-12-18)22(15-19(17)21)14-16-9-5-3-6-10-16/h3-12,17,19-20H,2,13-15H2,1H3/t17-,19-,20-/m0/s1. The molecule has 0 aromatic heterocycles. The molecular weight excluding hydrogens is 273 g/mol. The van der Waals surface area contributed by atoms with Crippen molar-refractivity contribution in [1.29, 1.82) is 0 Å². The quantitative estimate of drug-likeness (QED) is 0.768. The highest BCUT2D eigenvalue weighted by molar-refractivity contribution is 5.21. The molecule has 0 saturated carbocycles. The van der Waals surface area contributed by atoms with Crippen LogP contribution in [0.4, 0.5) is 4.39 Å². The lowest BCUT2D eigenvalue weighted by Gasteiger charge is -2.41. The first-order chi connectivity index (χ1) is 10.8. The van der Waals surface area contributed by atoms with Crippen molar-refractivity contribution in [2.75, 3.05) is 6.54 Å². The van der Waals surface area contributed by atoms with E-state index in [0.29, 0.717) is 12.6 Å². The summed E-state index contributed by atoms with van der Waals surface area (Å²) in [7, 11) is 0. The zero-order valence-corrected chi connectivity index (χ0v) is 13.2. The molecule has 0 aliphatic carbocycles. The van der Waals surface area contributed by atoms with E-state index in [1.54, 1.807) is 0 Å². The highest BCUT2D eigenvalue weighted by Gasteiger charge is 2.35. The average Bonchev–Trinajstić information content (AvgIpc) is 2.57. The van der Waals surface area contributed by atoms with Crippen molar-refractivity contribution >= 4 is 0 Å². The Morgan fingerprint density at radius 2 is 1.64 bits per heavy atom. The first kappa shape index (κ1) is 15.2. The van der Waals surface area contributed by atoms with Gasteiger partial charge in [0.1, 0.15) is 6.17 Å². The Labute approximate surface area is 132 Å². The van der Waals surface area contributed by atoms with Gasteiger partial charge in [-0.25, -0.2) is 4.39 Å². The van der Waals surface area contributed by atoms with Crippen LogP contribution in [-0.2, 0) is 6.54 Å². The third-order valence-corrected chi connectivity index (χ3v) is 4.82. The molecule has 2 aromatic carbocycles. The number of hydrogen-bond donors (Lipinski definition) is 0. The maximum absolute atomic E-state index is 14.4. The summed E-state index contributed by atoms with van der Waals surface area (Å²) in [5.41, 5.74) is 2.56. The van der Waals surface area contributed by atoms with E-state index in [2.05, 4.69) is 60.4 Å². The van der Waals surface area contributed by atoms with E-state index in [9.17, 15) is 4.39 Å². The summed E-state index contributed by atoms with van der Waals surface area (Å²) in [6.45, 7) is 3.45. The van der Waals surface area contributed by atoms with Gasteiger partial charge in [0, 0.05) is 19.1 Å². The van der Waals surface area contributed by atoms with Crippen LogP contribution in [0.25, 0.3) is 0 Å². The maximum atomic E-state index is 14.4. The number of benzene rings is 2. The minimum atomic E-state index is -0.714. The van der Waals surface area contributed by atoms with Crippen molar-refractivity contribution in [2.45, 2.75) is 38.5 Å². The molecule has 1 heterocycles. The molecule has 0 N–H and O–H groups in total. The molecule has 0 spiro atoms. The fourth-order valence-electron chi connectivity index (χ4n) is 3.52. The van der Waals surface area contributed by atoms with Crippen molar-refractivity contribution in [3.8, 4) is 0 Å². The molecule has 1 fully saturated rings. The van der Waals surface area contributed by atoms with E-state index in [1.165, 1.54) is 11.1 Å². The molecule has 1 nitrogen and oxygen atoms in total. The smallest absolute Gasteiger partial charge is 0.116 e. The van der Waals surface area contributed by atoms with E-state index in [0.717, 1.165) is 19.4 Å². The Morgan fingerprint density at radius 3 is 2.27 bits per heavy atom. The van der Waals surface area contributed by atoms with Gasteiger partial charge in [0.25, 0.3) is 0 Å². The van der Waals surface area contributed by atoms with Crippen LogP contribution < -0.4 is 0 Å². The number of hydrogen-bond acceptors (Lipinski definition) is 1. The minimum Gasteiger partial charge on any atom is -0.289 e. The molecule has 2 heteroatoms. The highest BCUT2D eigenvalue weighted by atomic mass is 19.1. The Morgan fingerprint density at radius 1 is 1.00 bits per heavy atom. The third-order valence-electron chi connectivity index (χ3n) is 4.82. The van der Waals surface area contributed by atoms with Gasteiger partial charge < -0.3 is 0 Å². The van der Waals surface area contributed by atoms with Crippen LogP contribution in [-0.4, -0.2) is 17.6 Å². The van der Waals surface area contributed by atoms with Gasteiger partial charge in [0.05, 0.1) is 0 Å². The van der Waals surface area contributed by atoms with E-state index in [-0.39, 0.29) is 5.92 Å². The van der Waals surface area contributed by atoms with Crippen molar-refractivity contribution in [3.63, 3.8) is 0 Å². The summed E-state index contributed by atoms with van der Waals surface area (Å²) in [5, 5.41) is 0. The highest BCUT2D eigenvalue weighted by Crippen LogP contribution is 2.37. The predicted octanol–water partition coefficient (Wildman–Crippen LogP) is 5.00. The lowest BCUT2D eigenvalue weighted by Crippen LogP contribution is -2.43. The second kappa shape index (κ2) is 7.06. The Hall–Kier alpha value is -1.67. The molecule has 0 amide bonds. The molecule has 22 heavy (non-hydrogen) atoms. The van der Waals surface area contributed by atoms with Crippen molar-refractivity contribution in [1.82, 2.24) is 4.90 Å². The molecular formula is C20H24FN. The molecule has 1 aliphatic heterocycles. The van der Waals surface area contributed by atoms with Gasteiger partial charge in [-0.05, 0) is 23.5 Å². The summed E-state index contributed by atoms with van der Waals surface area (Å²) in [6.07, 6.45) is 1.12. The largest absolute Gasteiger partial charge is 0.289 e. The van der Waals surface area contributed by atoms with Gasteiger partial charge in [0.15, 0.2) is 0 Å². The van der Waals surface area contributed by atoms with Crippen LogP contribution in [0.3, 0.4) is 0 Å². The summed E-state index contributed by atoms with van der Waals surface area (Å²) >= 11 is 0.